The van der Waals surface area contributed by atoms with Gasteiger partial charge in [0.25, 0.3) is 0 Å². The predicted molar refractivity (Wildman–Crippen MR) is 36.0 cm³/mol. The first kappa shape index (κ1) is 5.48. The highest BCUT2D eigenvalue weighted by molar-refractivity contribution is 5.14. The summed E-state index contributed by atoms with van der Waals surface area (Å²) in [7, 11) is 0. The molecule has 0 radical (unpaired) electrons. The van der Waals surface area contributed by atoms with Gasteiger partial charge in [-0.2, -0.15) is 0 Å². The molecule has 1 N–H and O–H groups in total. The Bertz CT molecular complexity index is 153. The van der Waals surface area contributed by atoms with Gasteiger partial charge in [0, 0.05) is 0 Å². The van der Waals surface area contributed by atoms with Crippen LogP contribution in [0.5, 0.6) is 0 Å². The second-order valence-corrected chi connectivity index (χ2v) is 3.35. The van der Waals surface area contributed by atoms with Gasteiger partial charge in [-0.25, -0.2) is 0 Å². The Kier molecular flexibility index (Phi) is 0.854. The lowest BCUT2D eigenvalue weighted by Crippen LogP contribution is -2.03. The van der Waals surface area contributed by atoms with Crippen LogP contribution < -0.4 is 0 Å². The fourth-order valence-corrected chi connectivity index (χ4v) is 2.06. The molecule has 50 valence electrons. The Morgan fingerprint density at radius 2 is 2.44 bits per heavy atom. The van der Waals surface area contributed by atoms with E-state index in [0.717, 1.165) is 19.3 Å². The highest BCUT2D eigenvalue weighted by atomic mass is 16.3. The smallest absolute Gasteiger partial charge is 0.0686 e. The average Bonchev–Trinajstić information content (AvgIpc) is 2.39. The van der Waals surface area contributed by atoms with Crippen LogP contribution in [0, 0.1) is 11.8 Å². The van der Waals surface area contributed by atoms with Crippen LogP contribution in [0.25, 0.3) is 0 Å². The van der Waals surface area contributed by atoms with E-state index in [2.05, 4.69) is 6.58 Å². The molecule has 3 unspecified atom stereocenters. The van der Waals surface area contributed by atoms with Crippen molar-refractivity contribution < 1.29 is 5.11 Å². The molecule has 0 saturated heterocycles. The van der Waals surface area contributed by atoms with Gasteiger partial charge in [-0.1, -0.05) is 6.08 Å². The SMILES string of the molecule is C=CC1CCC2(O)CC12. The largest absolute Gasteiger partial charge is 0.390 e. The molecule has 0 aromatic carbocycles. The summed E-state index contributed by atoms with van der Waals surface area (Å²) in [6.45, 7) is 3.74. The van der Waals surface area contributed by atoms with E-state index >= 15 is 0 Å². The van der Waals surface area contributed by atoms with Crippen molar-refractivity contribution in [2.24, 2.45) is 11.8 Å². The quantitative estimate of drug-likeness (QED) is 0.523. The lowest BCUT2D eigenvalue weighted by molar-refractivity contribution is 0.142. The Labute approximate surface area is 55.4 Å². The summed E-state index contributed by atoms with van der Waals surface area (Å²) in [5, 5.41) is 9.52. The Hall–Kier alpha value is -0.300. The van der Waals surface area contributed by atoms with E-state index in [4.69, 9.17) is 0 Å². The molecule has 0 heterocycles. The average molecular weight is 124 g/mol. The first-order valence-corrected chi connectivity index (χ1v) is 3.61. The Balaban J connectivity index is 2.12. The van der Waals surface area contributed by atoms with Gasteiger partial charge in [-0.3, -0.25) is 0 Å². The van der Waals surface area contributed by atoms with Crippen LogP contribution in [-0.2, 0) is 0 Å². The van der Waals surface area contributed by atoms with Crippen molar-refractivity contribution in [1.82, 2.24) is 0 Å². The number of hydrogen-bond donors (Lipinski definition) is 1. The van der Waals surface area contributed by atoms with E-state index < -0.39 is 0 Å². The third-order valence-corrected chi connectivity index (χ3v) is 2.83. The minimum Gasteiger partial charge on any atom is -0.390 e. The summed E-state index contributed by atoms with van der Waals surface area (Å²) in [5.74, 6) is 1.20. The molecule has 2 aliphatic carbocycles. The molecule has 0 spiro atoms. The number of aliphatic hydroxyl groups is 1. The van der Waals surface area contributed by atoms with Crippen LogP contribution in [0.3, 0.4) is 0 Å². The van der Waals surface area contributed by atoms with Crippen molar-refractivity contribution in [1.29, 1.82) is 0 Å². The zero-order valence-electron chi connectivity index (χ0n) is 5.51. The van der Waals surface area contributed by atoms with E-state index in [-0.39, 0.29) is 5.60 Å². The van der Waals surface area contributed by atoms with E-state index in [0.29, 0.717) is 11.8 Å². The summed E-state index contributed by atoms with van der Waals surface area (Å²) < 4.78 is 0. The van der Waals surface area contributed by atoms with Gasteiger partial charge < -0.3 is 5.11 Å². The second kappa shape index (κ2) is 1.40. The number of allylic oxidation sites excluding steroid dienone is 1. The minimum absolute atomic E-state index is 0.237. The fraction of sp³-hybridized carbons (Fsp3) is 0.750. The third kappa shape index (κ3) is 0.584. The van der Waals surface area contributed by atoms with Gasteiger partial charge in [0.2, 0.25) is 0 Å². The van der Waals surface area contributed by atoms with Gasteiger partial charge in [0.15, 0.2) is 0 Å². The molecular formula is C8H12O. The van der Waals surface area contributed by atoms with E-state index in [1.54, 1.807) is 0 Å². The number of hydrogen-bond acceptors (Lipinski definition) is 1. The molecule has 9 heavy (non-hydrogen) atoms. The molecule has 0 aromatic heterocycles. The molecular weight excluding hydrogens is 112 g/mol. The Morgan fingerprint density at radius 3 is 2.67 bits per heavy atom. The second-order valence-electron chi connectivity index (χ2n) is 3.35. The van der Waals surface area contributed by atoms with E-state index in [9.17, 15) is 5.11 Å². The topological polar surface area (TPSA) is 20.2 Å². The molecule has 0 bridgehead atoms. The summed E-state index contributed by atoms with van der Waals surface area (Å²) in [5.41, 5.74) is -0.237. The summed E-state index contributed by atoms with van der Waals surface area (Å²) in [6.07, 6.45) is 5.19. The van der Waals surface area contributed by atoms with Gasteiger partial charge in [-0.05, 0) is 31.1 Å². The fourth-order valence-electron chi connectivity index (χ4n) is 2.06. The molecule has 2 fully saturated rings. The zero-order chi connectivity index (χ0) is 6.48. The van der Waals surface area contributed by atoms with Crippen molar-refractivity contribution in [3.05, 3.63) is 12.7 Å². The predicted octanol–water partition coefficient (Wildman–Crippen LogP) is 1.33. The monoisotopic (exact) mass is 124 g/mol. The van der Waals surface area contributed by atoms with Crippen LogP contribution in [0.2, 0.25) is 0 Å². The van der Waals surface area contributed by atoms with Gasteiger partial charge in [0.05, 0.1) is 5.60 Å². The molecule has 1 nitrogen and oxygen atoms in total. The highest BCUT2D eigenvalue weighted by Gasteiger charge is 2.59. The standard InChI is InChI=1S/C8H12O/c1-2-6-3-4-8(9)5-7(6)8/h2,6-7,9H,1,3-5H2. The molecule has 0 aliphatic heterocycles. The highest BCUT2D eigenvalue weighted by Crippen LogP contribution is 2.58. The van der Waals surface area contributed by atoms with Crippen LogP contribution in [-0.4, -0.2) is 10.7 Å². The van der Waals surface area contributed by atoms with E-state index in [1.807, 2.05) is 6.08 Å². The third-order valence-electron chi connectivity index (χ3n) is 2.83. The summed E-state index contributed by atoms with van der Waals surface area (Å²) in [4.78, 5) is 0. The van der Waals surface area contributed by atoms with Crippen LogP contribution in [0.15, 0.2) is 12.7 Å². The molecule has 2 rings (SSSR count). The molecule has 0 amide bonds. The first-order valence-electron chi connectivity index (χ1n) is 3.61. The lowest BCUT2D eigenvalue weighted by Gasteiger charge is -1.99. The molecule has 0 aromatic rings. The maximum absolute atomic E-state index is 9.52. The van der Waals surface area contributed by atoms with Crippen molar-refractivity contribution in [3.63, 3.8) is 0 Å². The maximum atomic E-state index is 9.52. The molecule has 2 saturated carbocycles. The van der Waals surface area contributed by atoms with Crippen molar-refractivity contribution in [2.45, 2.75) is 24.9 Å². The van der Waals surface area contributed by atoms with Gasteiger partial charge in [-0.15, -0.1) is 6.58 Å². The van der Waals surface area contributed by atoms with Gasteiger partial charge >= 0.3 is 0 Å². The van der Waals surface area contributed by atoms with E-state index in [1.165, 1.54) is 0 Å². The number of rotatable bonds is 1. The normalized spacial score (nSPS) is 54.8. The zero-order valence-corrected chi connectivity index (χ0v) is 5.51. The Morgan fingerprint density at radius 1 is 1.67 bits per heavy atom. The minimum atomic E-state index is -0.237. The maximum Gasteiger partial charge on any atom is 0.0686 e. The first-order chi connectivity index (χ1) is 4.26. The molecule has 1 heteroatoms. The van der Waals surface area contributed by atoms with Crippen LogP contribution in [0.1, 0.15) is 19.3 Å². The van der Waals surface area contributed by atoms with Crippen LogP contribution >= 0.6 is 0 Å². The van der Waals surface area contributed by atoms with Gasteiger partial charge in [0.1, 0.15) is 0 Å². The molecule has 2 aliphatic rings. The van der Waals surface area contributed by atoms with Crippen molar-refractivity contribution in [2.75, 3.05) is 0 Å². The number of fused-ring (bicyclic) bond motifs is 1. The summed E-state index contributed by atoms with van der Waals surface area (Å²) in [6, 6.07) is 0. The molecule has 3 atom stereocenters. The lowest BCUT2D eigenvalue weighted by atomic mass is 10.0. The van der Waals surface area contributed by atoms with Crippen molar-refractivity contribution in [3.8, 4) is 0 Å². The van der Waals surface area contributed by atoms with Crippen LogP contribution in [0.4, 0.5) is 0 Å². The van der Waals surface area contributed by atoms with Crippen molar-refractivity contribution >= 4 is 0 Å². The summed E-state index contributed by atoms with van der Waals surface area (Å²) >= 11 is 0.